The molecule has 3 aromatic rings. The lowest BCUT2D eigenvalue weighted by Crippen LogP contribution is -2.56. The number of hydrogen-bond donors (Lipinski definition) is 1. The Morgan fingerprint density at radius 2 is 1.95 bits per heavy atom. The van der Waals surface area contributed by atoms with E-state index in [1.807, 2.05) is 6.07 Å². The summed E-state index contributed by atoms with van der Waals surface area (Å²) in [5, 5.41) is 13.0. The summed E-state index contributed by atoms with van der Waals surface area (Å²) < 4.78 is 38.6. The van der Waals surface area contributed by atoms with Crippen molar-refractivity contribution in [1.82, 2.24) is 23.0 Å². The number of rotatable bonds is 8. The van der Waals surface area contributed by atoms with Crippen LogP contribution in [0.15, 0.2) is 42.7 Å². The van der Waals surface area contributed by atoms with Crippen molar-refractivity contribution < 1.29 is 16.9 Å². The number of alkyl halides is 1. The van der Waals surface area contributed by atoms with E-state index in [-0.39, 0.29) is 12.1 Å². The molecule has 220 valence electrons. The molecule has 3 aliphatic rings. The van der Waals surface area contributed by atoms with E-state index in [0.717, 1.165) is 45.1 Å². The molecular formula is C29H32FIN8O3. The molecule has 42 heavy (non-hydrogen) atoms. The molecule has 3 saturated heterocycles. The van der Waals surface area contributed by atoms with Gasteiger partial charge in [0.15, 0.2) is 12.0 Å². The summed E-state index contributed by atoms with van der Waals surface area (Å²) in [5.41, 5.74) is 4.14. The average molecular weight is 687 g/mol. The van der Waals surface area contributed by atoms with Gasteiger partial charge in [-0.25, -0.2) is 17.5 Å². The highest BCUT2D eigenvalue weighted by Gasteiger charge is 2.32. The number of ether oxygens (including phenoxy) is 2. The Bertz CT molecular complexity index is 1480. The van der Waals surface area contributed by atoms with E-state index in [0.29, 0.717) is 42.1 Å². The molecule has 0 radical (unpaired) electrons. The summed E-state index contributed by atoms with van der Waals surface area (Å²) in [4.78, 5) is 18.1. The van der Waals surface area contributed by atoms with Crippen LogP contribution in [0.4, 0.5) is 21.7 Å². The first-order valence-electron chi connectivity index (χ1n) is 14.0. The minimum Gasteiger partial charge on any atom is -0.486 e. The van der Waals surface area contributed by atoms with E-state index < -0.39 is 33.7 Å². The number of aryl methyl sites for hydroxylation is 1. The van der Waals surface area contributed by atoms with Crippen LogP contribution in [0, 0.1) is 18.3 Å². The first kappa shape index (κ1) is 28.8. The van der Waals surface area contributed by atoms with Gasteiger partial charge in [-0.3, -0.25) is 7.97 Å². The summed E-state index contributed by atoms with van der Waals surface area (Å²) in [6, 6.07) is 14.0. The zero-order valence-electron chi connectivity index (χ0n) is 23.2. The normalized spacial score (nSPS) is 21.9. The second kappa shape index (κ2) is 12.9. The molecule has 0 amide bonds. The van der Waals surface area contributed by atoms with Gasteiger partial charge in [-0.05, 0) is 48.9 Å². The number of nitrogens with zero attached hydrogens (tertiary/aromatic N) is 7. The van der Waals surface area contributed by atoms with Crippen molar-refractivity contribution >= 4 is 38.8 Å². The van der Waals surface area contributed by atoms with Crippen LogP contribution >= 0.6 is 21.5 Å². The molecule has 0 aliphatic carbocycles. The van der Waals surface area contributed by atoms with Crippen molar-refractivity contribution in [2.24, 2.45) is 0 Å². The van der Waals surface area contributed by atoms with Gasteiger partial charge in [0.1, 0.15) is 24.3 Å². The van der Waals surface area contributed by atoms with Crippen molar-refractivity contribution in [3.05, 3.63) is 53.9 Å². The first-order valence-corrected chi connectivity index (χ1v) is 15.9. The van der Waals surface area contributed by atoms with Crippen LogP contribution in [0.25, 0.3) is 11.4 Å². The maximum atomic E-state index is 14.6. The molecule has 0 saturated carbocycles. The Labute approximate surface area is 254 Å². The summed E-state index contributed by atoms with van der Waals surface area (Å²) >= 11 is -1.38. The topological polar surface area (TPSA) is 120 Å². The predicted octanol–water partition coefficient (Wildman–Crippen LogP) is 4.01. The maximum Gasteiger partial charge on any atom is 0.239 e. The lowest BCUT2D eigenvalue weighted by molar-refractivity contribution is -0.0660. The number of benzene rings is 2. The molecule has 4 heterocycles. The number of piperazine rings is 1. The van der Waals surface area contributed by atoms with Crippen LogP contribution in [0.5, 0.6) is 5.75 Å². The van der Waals surface area contributed by atoms with Crippen LogP contribution in [0.1, 0.15) is 17.5 Å². The highest BCUT2D eigenvalue weighted by molar-refractivity contribution is 14.1. The third-order valence-electron chi connectivity index (χ3n) is 7.98. The Morgan fingerprint density at radius 1 is 1.12 bits per heavy atom. The van der Waals surface area contributed by atoms with Crippen LogP contribution in [-0.4, -0.2) is 93.8 Å². The highest BCUT2D eigenvalue weighted by atomic mass is 127. The van der Waals surface area contributed by atoms with E-state index in [1.54, 1.807) is 21.3 Å². The van der Waals surface area contributed by atoms with Gasteiger partial charge in [0.25, 0.3) is 0 Å². The number of aromatic nitrogens is 3. The fraction of sp³-hybridized carbons (Fsp3) is 0.448. The minimum atomic E-state index is -1.38. The molecule has 3 fully saturated rings. The largest absolute Gasteiger partial charge is 0.486 e. The smallest absolute Gasteiger partial charge is 0.239 e. The number of hydrogen-bond acceptors (Lipinski definition) is 10. The van der Waals surface area contributed by atoms with Crippen molar-refractivity contribution in [3.8, 4) is 23.2 Å². The maximum absolute atomic E-state index is 14.6. The minimum absolute atomic E-state index is 0.0812. The Morgan fingerprint density at radius 3 is 2.64 bits per heavy atom. The summed E-state index contributed by atoms with van der Waals surface area (Å²) in [5.74, 6) is 1.09. The number of halogens is 2. The van der Waals surface area contributed by atoms with Crippen molar-refractivity contribution in [3.63, 3.8) is 0 Å². The second-order valence-corrected chi connectivity index (χ2v) is 12.5. The van der Waals surface area contributed by atoms with E-state index in [4.69, 9.17) is 9.47 Å². The van der Waals surface area contributed by atoms with Crippen LogP contribution < -0.4 is 15.0 Å². The Balaban J connectivity index is 1.11. The summed E-state index contributed by atoms with van der Waals surface area (Å²) in [6.07, 6.45) is -0.128. The Kier molecular flexibility index (Phi) is 8.84. The zero-order valence-corrected chi connectivity index (χ0v) is 25.4. The van der Waals surface area contributed by atoms with Crippen molar-refractivity contribution in [2.45, 2.75) is 31.7 Å². The molecule has 0 spiro atoms. The molecule has 0 bridgehead atoms. The molecule has 3 aliphatic heterocycles. The molecule has 2 aromatic carbocycles. The fourth-order valence-electron chi connectivity index (χ4n) is 5.54. The third-order valence-corrected chi connectivity index (χ3v) is 9.42. The molecule has 1 aromatic heterocycles. The predicted molar refractivity (Wildman–Crippen MR) is 163 cm³/mol. The van der Waals surface area contributed by atoms with E-state index in [9.17, 15) is 12.7 Å². The first-order chi connectivity index (χ1) is 20.5. The van der Waals surface area contributed by atoms with Gasteiger partial charge in [0, 0.05) is 62.6 Å². The molecule has 11 nitrogen and oxygen atoms in total. The SMILES string of the molecule is Cc1cc(Nc2ncnc(-c3ccc(O[C@H]4CCN(I=O)C[C@H]4F)c(C#N)c3)n2)ccc1N1CCN(C2COC2)CC1. The van der Waals surface area contributed by atoms with Gasteiger partial charge < -0.3 is 19.7 Å². The molecule has 6 rings (SSSR count). The van der Waals surface area contributed by atoms with Gasteiger partial charge >= 0.3 is 0 Å². The van der Waals surface area contributed by atoms with Crippen LogP contribution in [0.3, 0.4) is 0 Å². The second-order valence-electron chi connectivity index (χ2n) is 10.7. The molecule has 2 atom stereocenters. The van der Waals surface area contributed by atoms with Crippen LogP contribution in [0.2, 0.25) is 0 Å². The van der Waals surface area contributed by atoms with Crippen LogP contribution in [-0.2, 0) is 7.81 Å². The zero-order chi connectivity index (χ0) is 29.1. The molecule has 13 heteroatoms. The summed E-state index contributed by atoms with van der Waals surface area (Å²) in [7, 11) is 0. The highest BCUT2D eigenvalue weighted by Crippen LogP contribution is 2.30. The van der Waals surface area contributed by atoms with Crippen molar-refractivity contribution in [1.29, 1.82) is 5.26 Å². The molecule has 0 unspecified atom stereocenters. The average Bonchev–Trinajstić information content (AvgIpc) is 2.98. The van der Waals surface area contributed by atoms with Crippen molar-refractivity contribution in [2.75, 3.05) is 62.7 Å². The fourth-order valence-corrected chi connectivity index (χ4v) is 6.55. The van der Waals surface area contributed by atoms with Gasteiger partial charge in [-0.15, -0.1) is 0 Å². The van der Waals surface area contributed by atoms with E-state index >= 15 is 0 Å². The summed E-state index contributed by atoms with van der Waals surface area (Å²) in [6.45, 7) is 8.47. The third kappa shape index (κ3) is 6.36. The standard InChI is InChI=1S/C29H32FIN8O3/c1-19-12-22(3-4-25(19)38-10-8-37(9-11-38)23-16-41-17-23)35-29-34-18-33-28(36-29)20-2-5-26(21(13-20)14-32)42-27-6-7-39(31-40)15-24(27)30/h2-5,12-13,18,23-24,27H,6-11,15-17H2,1H3,(H,33,34,35,36)/t24-,27+/m1/s1. The van der Waals surface area contributed by atoms with Gasteiger partial charge in [-0.1, -0.05) is 0 Å². The van der Waals surface area contributed by atoms with Gasteiger partial charge in [-0.2, -0.15) is 10.2 Å². The monoisotopic (exact) mass is 686 g/mol. The lowest BCUT2D eigenvalue weighted by atomic mass is 10.1. The van der Waals surface area contributed by atoms with E-state index in [2.05, 4.69) is 55.2 Å². The lowest BCUT2D eigenvalue weighted by Gasteiger charge is -2.43. The number of anilines is 3. The Hall–Kier alpha value is -3.32. The van der Waals surface area contributed by atoms with Gasteiger partial charge in [0.2, 0.25) is 27.4 Å². The number of nitriles is 1. The molecular weight excluding hydrogens is 654 g/mol. The number of nitrogens with one attached hydrogen (secondary N) is 1. The molecule has 1 N–H and O–H groups in total. The van der Waals surface area contributed by atoms with Gasteiger partial charge in [0.05, 0.1) is 24.8 Å². The van der Waals surface area contributed by atoms with E-state index in [1.165, 1.54) is 17.6 Å². The number of piperidine rings is 1. The quantitative estimate of drug-likeness (QED) is 0.274.